The number of primary amides is 1. The molecule has 3 rings (SSSR count). The highest BCUT2D eigenvalue weighted by Crippen LogP contribution is 2.29. The summed E-state index contributed by atoms with van der Waals surface area (Å²) >= 11 is 0. The molecular weight excluding hydrogens is 369 g/mol. The number of rotatable bonds is 3. The van der Waals surface area contributed by atoms with Crippen LogP contribution in [0.2, 0.25) is 0 Å². The van der Waals surface area contributed by atoms with Crippen molar-refractivity contribution in [2.24, 2.45) is 11.7 Å². The molecule has 0 spiro atoms. The van der Waals surface area contributed by atoms with Gasteiger partial charge in [-0.05, 0) is 69.6 Å². The van der Waals surface area contributed by atoms with Crippen molar-refractivity contribution in [3.63, 3.8) is 0 Å². The van der Waals surface area contributed by atoms with Crippen molar-refractivity contribution in [1.82, 2.24) is 5.32 Å². The van der Waals surface area contributed by atoms with Crippen LogP contribution in [0.15, 0.2) is 30.4 Å². The van der Waals surface area contributed by atoms with Crippen molar-refractivity contribution in [1.29, 1.82) is 0 Å². The second-order valence-electron chi connectivity index (χ2n) is 8.85. The van der Waals surface area contributed by atoms with Crippen LogP contribution in [-0.4, -0.2) is 37.9 Å². The summed E-state index contributed by atoms with van der Waals surface area (Å²) < 4.78 is 19.2. The van der Waals surface area contributed by atoms with Crippen molar-refractivity contribution < 1.29 is 13.9 Å². The molecule has 0 radical (unpaired) electrons. The lowest BCUT2D eigenvalue weighted by molar-refractivity contribution is 0.0704. The Kier molecular flexibility index (Phi) is 8.08. The van der Waals surface area contributed by atoms with E-state index >= 15 is 0 Å². The molecule has 0 bridgehead atoms. The van der Waals surface area contributed by atoms with Gasteiger partial charge in [-0.2, -0.15) is 0 Å². The maximum absolute atomic E-state index is 13.9. The van der Waals surface area contributed by atoms with Crippen LogP contribution in [0.3, 0.4) is 0 Å². The fraction of sp³-hybridized carbons (Fsp3) is 0.609. The fourth-order valence-electron chi connectivity index (χ4n) is 4.23. The molecule has 6 heteroatoms. The molecule has 1 aromatic rings. The first-order chi connectivity index (χ1) is 13.6. The van der Waals surface area contributed by atoms with Gasteiger partial charge in [-0.1, -0.05) is 25.1 Å². The number of amides is 2. The average molecular weight is 406 g/mol. The highest BCUT2D eigenvalue weighted by Gasteiger charge is 2.31. The second-order valence-corrected chi connectivity index (χ2v) is 8.85. The maximum atomic E-state index is 13.9. The van der Waals surface area contributed by atoms with E-state index in [0.29, 0.717) is 24.9 Å². The standard InChI is InChI=1S/C14H20FN3O.C9H16O/c1-10-3-4-12(11(15)9-10)18-7-5-14(2,6-8-18)17-13(16)19;1-7-4-8(2)6-9(5-7)10-3/h3-4,9H,5-8H2,1-2H3,(H3,16,17,19);8-9H,1,4-6H2,2-3H3. The SMILES string of the molecule is C=C1CC(C)CC(OC)C1.Cc1ccc(N2CCC(C)(NC(N)=O)CC2)c(F)c1. The van der Waals surface area contributed by atoms with Gasteiger partial charge in [-0.3, -0.25) is 0 Å². The molecule has 2 aliphatic rings. The molecule has 1 aliphatic heterocycles. The number of benzene rings is 1. The van der Waals surface area contributed by atoms with Crippen molar-refractivity contribution in [3.05, 3.63) is 41.7 Å². The molecule has 2 fully saturated rings. The summed E-state index contributed by atoms with van der Waals surface area (Å²) in [6.45, 7) is 11.5. The van der Waals surface area contributed by atoms with Crippen LogP contribution in [0.1, 0.15) is 51.5 Å². The number of piperidine rings is 1. The molecule has 2 unspecified atom stereocenters. The molecule has 0 aromatic heterocycles. The van der Waals surface area contributed by atoms with Gasteiger partial charge in [-0.15, -0.1) is 0 Å². The Labute approximate surface area is 174 Å². The van der Waals surface area contributed by atoms with E-state index < -0.39 is 6.03 Å². The predicted molar refractivity (Wildman–Crippen MR) is 117 cm³/mol. The zero-order valence-electron chi connectivity index (χ0n) is 18.3. The number of nitrogens with zero attached hydrogens (tertiary/aromatic N) is 1. The van der Waals surface area contributed by atoms with Gasteiger partial charge in [0.2, 0.25) is 0 Å². The minimum Gasteiger partial charge on any atom is -0.381 e. The number of halogens is 1. The van der Waals surface area contributed by atoms with Gasteiger partial charge in [0.25, 0.3) is 0 Å². The Morgan fingerprint density at radius 2 is 2.00 bits per heavy atom. The number of nitrogens with two attached hydrogens (primary N) is 1. The number of aryl methyl sites for hydroxylation is 1. The van der Waals surface area contributed by atoms with Crippen LogP contribution in [0.5, 0.6) is 0 Å². The van der Waals surface area contributed by atoms with E-state index in [9.17, 15) is 9.18 Å². The van der Waals surface area contributed by atoms with Gasteiger partial charge in [0, 0.05) is 25.7 Å². The number of anilines is 1. The minimum absolute atomic E-state index is 0.188. The van der Waals surface area contributed by atoms with Gasteiger partial charge in [0.15, 0.2) is 0 Å². The van der Waals surface area contributed by atoms with E-state index in [-0.39, 0.29) is 11.4 Å². The third-order valence-electron chi connectivity index (χ3n) is 5.89. The number of methoxy groups -OCH3 is 1. The summed E-state index contributed by atoms with van der Waals surface area (Å²) in [6, 6.07) is 4.77. The normalized spacial score (nSPS) is 23.8. The number of carbonyl (C=O) groups is 1. The molecule has 1 saturated heterocycles. The Bertz CT molecular complexity index is 714. The topological polar surface area (TPSA) is 67.6 Å². The Balaban J connectivity index is 0.000000253. The predicted octanol–water partition coefficient (Wildman–Crippen LogP) is 4.54. The zero-order valence-corrected chi connectivity index (χ0v) is 18.3. The van der Waals surface area contributed by atoms with E-state index in [1.807, 2.05) is 30.9 Å². The monoisotopic (exact) mass is 405 g/mol. The van der Waals surface area contributed by atoms with E-state index in [1.165, 1.54) is 18.4 Å². The van der Waals surface area contributed by atoms with Crippen LogP contribution < -0.4 is 16.0 Å². The number of hydrogen-bond acceptors (Lipinski definition) is 3. The molecule has 1 heterocycles. The minimum atomic E-state index is -0.502. The van der Waals surface area contributed by atoms with Crippen molar-refractivity contribution in [2.75, 3.05) is 25.1 Å². The second kappa shape index (κ2) is 10.1. The van der Waals surface area contributed by atoms with Gasteiger partial charge < -0.3 is 20.7 Å². The first-order valence-electron chi connectivity index (χ1n) is 10.4. The smallest absolute Gasteiger partial charge is 0.312 e. The van der Waals surface area contributed by atoms with E-state index in [0.717, 1.165) is 30.7 Å². The first-order valence-corrected chi connectivity index (χ1v) is 10.4. The molecule has 3 N–H and O–H groups in total. The van der Waals surface area contributed by atoms with Gasteiger partial charge in [0.1, 0.15) is 5.82 Å². The van der Waals surface area contributed by atoms with Gasteiger partial charge in [-0.25, -0.2) is 9.18 Å². The number of ether oxygens (including phenoxy) is 1. The third kappa shape index (κ3) is 7.03. The summed E-state index contributed by atoms with van der Waals surface area (Å²) in [4.78, 5) is 13.0. The molecule has 162 valence electrons. The molecule has 1 aromatic carbocycles. The number of nitrogens with one attached hydrogen (secondary N) is 1. The number of hydrogen-bond donors (Lipinski definition) is 2. The quantitative estimate of drug-likeness (QED) is 0.726. The average Bonchev–Trinajstić information content (AvgIpc) is 2.62. The van der Waals surface area contributed by atoms with Crippen LogP contribution >= 0.6 is 0 Å². The summed E-state index contributed by atoms with van der Waals surface area (Å²) in [5.41, 5.74) is 7.78. The number of urea groups is 1. The summed E-state index contributed by atoms with van der Waals surface area (Å²) in [5.74, 6) is 0.581. The van der Waals surface area contributed by atoms with E-state index in [1.54, 1.807) is 13.2 Å². The Morgan fingerprint density at radius 1 is 1.34 bits per heavy atom. The molecule has 1 aliphatic carbocycles. The Morgan fingerprint density at radius 3 is 2.52 bits per heavy atom. The molecule has 2 atom stereocenters. The van der Waals surface area contributed by atoms with Gasteiger partial charge >= 0.3 is 6.03 Å². The molecule has 5 nitrogen and oxygen atoms in total. The highest BCUT2D eigenvalue weighted by molar-refractivity contribution is 5.72. The Hall–Kier alpha value is -2.08. The maximum Gasteiger partial charge on any atom is 0.312 e. The number of carbonyl (C=O) groups excluding carboxylic acids is 1. The van der Waals surface area contributed by atoms with Crippen LogP contribution in [0.25, 0.3) is 0 Å². The molecular formula is C23H36FN3O2. The lowest BCUT2D eigenvalue weighted by Gasteiger charge is -2.40. The van der Waals surface area contributed by atoms with Crippen LogP contribution in [-0.2, 0) is 4.74 Å². The molecule has 29 heavy (non-hydrogen) atoms. The molecule has 2 amide bonds. The zero-order chi connectivity index (χ0) is 21.6. The molecule has 1 saturated carbocycles. The largest absolute Gasteiger partial charge is 0.381 e. The van der Waals surface area contributed by atoms with Gasteiger partial charge in [0.05, 0.1) is 11.8 Å². The lowest BCUT2D eigenvalue weighted by atomic mass is 9.86. The third-order valence-corrected chi connectivity index (χ3v) is 5.89. The summed E-state index contributed by atoms with van der Waals surface area (Å²) in [7, 11) is 1.79. The first kappa shape index (κ1) is 23.2. The van der Waals surface area contributed by atoms with Crippen molar-refractivity contribution >= 4 is 11.7 Å². The van der Waals surface area contributed by atoms with Crippen LogP contribution in [0, 0.1) is 18.7 Å². The van der Waals surface area contributed by atoms with Crippen molar-refractivity contribution in [3.8, 4) is 0 Å². The van der Waals surface area contributed by atoms with E-state index in [2.05, 4.69) is 18.8 Å². The van der Waals surface area contributed by atoms with Crippen LogP contribution in [0.4, 0.5) is 14.9 Å². The fourth-order valence-corrected chi connectivity index (χ4v) is 4.23. The van der Waals surface area contributed by atoms with E-state index in [4.69, 9.17) is 10.5 Å². The highest BCUT2D eigenvalue weighted by atomic mass is 19.1. The summed E-state index contributed by atoms with van der Waals surface area (Å²) in [5, 5.41) is 2.77. The lowest BCUT2D eigenvalue weighted by Crippen LogP contribution is -2.54. The summed E-state index contributed by atoms with van der Waals surface area (Å²) in [6.07, 6.45) is 5.42. The van der Waals surface area contributed by atoms with Crippen molar-refractivity contribution in [2.45, 2.75) is 64.5 Å².